The summed E-state index contributed by atoms with van der Waals surface area (Å²) in [5, 5.41) is 4.82. The van der Waals surface area contributed by atoms with Crippen LogP contribution in [0.2, 0.25) is 5.02 Å². The molecule has 0 radical (unpaired) electrons. The molecular weight excluding hydrogens is 440 g/mol. The van der Waals surface area contributed by atoms with Gasteiger partial charge in [0.25, 0.3) is 0 Å². The van der Waals surface area contributed by atoms with Gasteiger partial charge in [0, 0.05) is 35.7 Å². The molecule has 0 spiro atoms. The van der Waals surface area contributed by atoms with E-state index in [0.29, 0.717) is 16.7 Å². The molecule has 0 bridgehead atoms. The number of thiocarbonyl (C=S) groups is 1. The van der Waals surface area contributed by atoms with Gasteiger partial charge in [0.05, 0.1) is 11.7 Å². The van der Waals surface area contributed by atoms with Crippen LogP contribution in [0, 0.1) is 6.92 Å². The van der Waals surface area contributed by atoms with E-state index in [1.807, 2.05) is 73.8 Å². The molecule has 4 aromatic rings. The molecule has 1 saturated heterocycles. The highest BCUT2D eigenvalue weighted by Gasteiger charge is 2.41. The van der Waals surface area contributed by atoms with Crippen LogP contribution in [0.15, 0.2) is 83.7 Å². The molecule has 2 atom stereocenters. The van der Waals surface area contributed by atoms with Crippen molar-refractivity contribution in [3.63, 3.8) is 0 Å². The van der Waals surface area contributed by atoms with Crippen molar-refractivity contribution >= 4 is 28.9 Å². The van der Waals surface area contributed by atoms with Crippen LogP contribution in [0.1, 0.15) is 34.7 Å². The minimum absolute atomic E-state index is 0.138. The predicted molar refractivity (Wildman–Crippen MR) is 129 cm³/mol. The Balaban J connectivity index is 1.54. The summed E-state index contributed by atoms with van der Waals surface area (Å²) in [7, 11) is 0. The Morgan fingerprint density at radius 3 is 2.75 bits per heavy atom. The highest BCUT2D eigenvalue weighted by atomic mass is 35.5. The van der Waals surface area contributed by atoms with E-state index in [0.717, 1.165) is 33.9 Å². The second kappa shape index (κ2) is 8.73. The SMILES string of the molecule is Cc1ccc(-c2ccc([C@@H]3[C@@H](c4ccccn4)NC(=S)N3Cc3cccnc3)o2)cc1Cl. The number of furan rings is 1. The van der Waals surface area contributed by atoms with Gasteiger partial charge in [0.2, 0.25) is 0 Å². The van der Waals surface area contributed by atoms with Gasteiger partial charge in [-0.25, -0.2) is 0 Å². The molecular formula is C25H21ClN4OS. The summed E-state index contributed by atoms with van der Waals surface area (Å²) in [5.74, 6) is 1.57. The third-order valence-electron chi connectivity index (χ3n) is 5.65. The Kier molecular flexibility index (Phi) is 5.64. The van der Waals surface area contributed by atoms with E-state index in [1.165, 1.54) is 0 Å². The summed E-state index contributed by atoms with van der Waals surface area (Å²) in [6.45, 7) is 2.60. The summed E-state index contributed by atoms with van der Waals surface area (Å²) in [6.07, 6.45) is 5.42. The van der Waals surface area contributed by atoms with Crippen molar-refractivity contribution in [1.29, 1.82) is 0 Å². The van der Waals surface area contributed by atoms with Crippen molar-refractivity contribution in [2.75, 3.05) is 0 Å². The normalized spacial score (nSPS) is 18.1. The van der Waals surface area contributed by atoms with E-state index in [-0.39, 0.29) is 12.1 Å². The molecule has 160 valence electrons. The lowest BCUT2D eigenvalue weighted by Crippen LogP contribution is -2.29. The van der Waals surface area contributed by atoms with Crippen molar-refractivity contribution in [1.82, 2.24) is 20.2 Å². The van der Waals surface area contributed by atoms with Crippen molar-refractivity contribution < 1.29 is 4.42 Å². The summed E-state index contributed by atoms with van der Waals surface area (Å²) in [5.41, 5.74) is 3.95. The van der Waals surface area contributed by atoms with E-state index in [9.17, 15) is 0 Å². The van der Waals surface area contributed by atoms with Crippen LogP contribution in [0.4, 0.5) is 0 Å². The summed E-state index contributed by atoms with van der Waals surface area (Å²) in [6, 6.07) is 19.5. The van der Waals surface area contributed by atoms with Gasteiger partial charge in [-0.05, 0) is 66.7 Å². The molecule has 3 aromatic heterocycles. The molecule has 4 heterocycles. The van der Waals surface area contributed by atoms with Gasteiger partial charge in [0.15, 0.2) is 5.11 Å². The van der Waals surface area contributed by atoms with Crippen LogP contribution >= 0.6 is 23.8 Å². The predicted octanol–water partition coefficient (Wildman–Crippen LogP) is 5.87. The molecule has 0 amide bonds. The number of benzene rings is 1. The first-order chi connectivity index (χ1) is 15.6. The molecule has 1 aliphatic heterocycles. The number of rotatable bonds is 5. The molecule has 7 heteroatoms. The Hall–Kier alpha value is -3.22. The van der Waals surface area contributed by atoms with Crippen molar-refractivity contribution in [2.24, 2.45) is 0 Å². The molecule has 0 unspecified atom stereocenters. The average Bonchev–Trinajstić information content (AvgIpc) is 3.42. The van der Waals surface area contributed by atoms with Gasteiger partial charge in [-0.3, -0.25) is 9.97 Å². The third-order valence-corrected chi connectivity index (χ3v) is 6.41. The fourth-order valence-electron chi connectivity index (χ4n) is 3.99. The number of aromatic nitrogens is 2. The summed E-state index contributed by atoms with van der Waals surface area (Å²) < 4.78 is 6.37. The van der Waals surface area contributed by atoms with E-state index in [4.69, 9.17) is 28.2 Å². The number of nitrogens with zero attached hydrogens (tertiary/aromatic N) is 3. The molecule has 1 aliphatic rings. The molecule has 32 heavy (non-hydrogen) atoms. The molecule has 5 nitrogen and oxygen atoms in total. The minimum Gasteiger partial charge on any atom is -0.459 e. The maximum absolute atomic E-state index is 6.37. The Morgan fingerprint density at radius 2 is 2.00 bits per heavy atom. The van der Waals surface area contributed by atoms with Crippen LogP contribution in [0.5, 0.6) is 0 Å². The highest BCUT2D eigenvalue weighted by molar-refractivity contribution is 7.80. The minimum atomic E-state index is -0.160. The Bertz CT molecular complexity index is 1250. The molecule has 1 N–H and O–H groups in total. The lowest BCUT2D eigenvalue weighted by Gasteiger charge is -2.26. The second-order valence-corrected chi connectivity index (χ2v) is 8.58. The number of pyridine rings is 2. The topological polar surface area (TPSA) is 54.2 Å². The number of halogens is 1. The zero-order valence-electron chi connectivity index (χ0n) is 17.4. The van der Waals surface area contributed by atoms with Gasteiger partial charge < -0.3 is 14.6 Å². The van der Waals surface area contributed by atoms with Crippen LogP contribution < -0.4 is 5.32 Å². The smallest absolute Gasteiger partial charge is 0.170 e. The average molecular weight is 461 g/mol. The first kappa shape index (κ1) is 20.7. The molecule has 5 rings (SSSR count). The van der Waals surface area contributed by atoms with Crippen LogP contribution in [-0.2, 0) is 6.54 Å². The van der Waals surface area contributed by atoms with Crippen LogP contribution in [0.3, 0.4) is 0 Å². The standard InChI is InChI=1S/C25H21ClN4OS/c1-16-7-8-18(13-19(16)26)21-9-10-22(31-21)24-23(20-6-2-3-12-28-20)29-25(32)30(24)15-17-5-4-11-27-14-17/h2-14,23-24H,15H2,1H3,(H,29,32)/t23-,24-/m1/s1. The van der Waals surface area contributed by atoms with Gasteiger partial charge in [-0.2, -0.15) is 0 Å². The number of nitrogens with one attached hydrogen (secondary N) is 1. The fourth-order valence-corrected chi connectivity index (χ4v) is 4.47. The maximum Gasteiger partial charge on any atom is 0.170 e. The van der Waals surface area contributed by atoms with E-state index < -0.39 is 0 Å². The summed E-state index contributed by atoms with van der Waals surface area (Å²) >= 11 is 12.1. The van der Waals surface area contributed by atoms with Gasteiger partial charge in [0.1, 0.15) is 17.6 Å². The first-order valence-corrected chi connectivity index (χ1v) is 11.1. The lowest BCUT2D eigenvalue weighted by molar-refractivity contribution is 0.269. The maximum atomic E-state index is 6.37. The third kappa shape index (κ3) is 3.99. The quantitative estimate of drug-likeness (QED) is 0.376. The van der Waals surface area contributed by atoms with Crippen molar-refractivity contribution in [3.8, 4) is 11.3 Å². The van der Waals surface area contributed by atoms with E-state index in [2.05, 4.69) is 20.2 Å². The molecule has 1 aromatic carbocycles. The van der Waals surface area contributed by atoms with E-state index in [1.54, 1.807) is 12.4 Å². The largest absolute Gasteiger partial charge is 0.459 e. The monoisotopic (exact) mass is 460 g/mol. The van der Waals surface area contributed by atoms with Crippen molar-refractivity contribution in [2.45, 2.75) is 25.6 Å². The van der Waals surface area contributed by atoms with Gasteiger partial charge in [-0.15, -0.1) is 0 Å². The number of hydrogen-bond donors (Lipinski definition) is 1. The molecule has 0 aliphatic carbocycles. The number of hydrogen-bond acceptors (Lipinski definition) is 4. The fraction of sp³-hybridized carbons (Fsp3) is 0.160. The summed E-state index contributed by atoms with van der Waals surface area (Å²) in [4.78, 5) is 11.0. The molecule has 1 fully saturated rings. The Labute approximate surface area is 197 Å². The number of aryl methyl sites for hydroxylation is 1. The van der Waals surface area contributed by atoms with Gasteiger partial charge >= 0.3 is 0 Å². The Morgan fingerprint density at radius 1 is 1.09 bits per heavy atom. The zero-order valence-corrected chi connectivity index (χ0v) is 19.0. The van der Waals surface area contributed by atoms with Crippen molar-refractivity contribution in [3.05, 3.63) is 107 Å². The lowest BCUT2D eigenvalue weighted by atomic mass is 10.0. The highest BCUT2D eigenvalue weighted by Crippen LogP contribution is 2.41. The van der Waals surface area contributed by atoms with E-state index >= 15 is 0 Å². The van der Waals surface area contributed by atoms with Gasteiger partial charge in [-0.1, -0.05) is 35.9 Å². The molecule has 0 saturated carbocycles. The zero-order chi connectivity index (χ0) is 22.1. The second-order valence-electron chi connectivity index (χ2n) is 7.78. The first-order valence-electron chi connectivity index (χ1n) is 10.3. The van der Waals surface area contributed by atoms with Crippen LogP contribution in [0.25, 0.3) is 11.3 Å². The van der Waals surface area contributed by atoms with Crippen LogP contribution in [-0.4, -0.2) is 20.0 Å².